The number of ether oxygens (including phenoxy) is 1. The first-order valence-corrected chi connectivity index (χ1v) is 14.9. The number of hydrogen-bond acceptors (Lipinski definition) is 5. The molecule has 1 spiro atoms. The van der Waals surface area contributed by atoms with Crippen molar-refractivity contribution in [3.8, 4) is 0 Å². The molecule has 3 rings (SSSR count). The fourth-order valence-electron chi connectivity index (χ4n) is 8.02. The minimum atomic E-state index is -1.14. The summed E-state index contributed by atoms with van der Waals surface area (Å²) in [4.78, 5) is 48.3. The zero-order chi connectivity index (χ0) is 30.4. The molecule has 0 radical (unpaired) electrons. The summed E-state index contributed by atoms with van der Waals surface area (Å²) in [7, 11) is 1.71. The highest BCUT2D eigenvalue weighted by Crippen LogP contribution is 2.64. The average molecular weight is 560 g/mol. The Morgan fingerprint density at radius 2 is 1.75 bits per heavy atom. The van der Waals surface area contributed by atoms with Crippen molar-refractivity contribution in [2.24, 2.45) is 23.2 Å². The minimum absolute atomic E-state index is 0.0530. The Hall–Kier alpha value is -2.19. The second-order valence-corrected chi connectivity index (χ2v) is 14.4. The number of nitrogens with zero attached hydrogens (tertiary/aromatic N) is 3. The minimum Gasteiger partial charge on any atom is -0.394 e. The van der Waals surface area contributed by atoms with Crippen LogP contribution < -0.4 is 0 Å². The third-order valence-corrected chi connectivity index (χ3v) is 9.61. The molecule has 1 N–H and O–H groups in total. The van der Waals surface area contributed by atoms with Crippen molar-refractivity contribution < 1.29 is 24.2 Å². The van der Waals surface area contributed by atoms with Gasteiger partial charge in [-0.15, -0.1) is 13.2 Å². The molecule has 3 aliphatic heterocycles. The summed E-state index contributed by atoms with van der Waals surface area (Å²) < 4.78 is 6.83. The predicted octanol–water partition coefficient (Wildman–Crippen LogP) is 4.03. The van der Waals surface area contributed by atoms with Gasteiger partial charge in [0.15, 0.2) is 0 Å². The summed E-state index contributed by atoms with van der Waals surface area (Å²) in [6, 6.07) is -1.51. The Balaban J connectivity index is 2.21. The SMILES string of the molecule is C=CCN(C)C(=O)[C@H]1[C@H]2C(=O)N([C@@H](CO)[C@@H](C)CC)C(C(=O)N(CC=C)C(C)(C)CC(C)(C)C)C23CC[C@]1(C)O3. The topological polar surface area (TPSA) is 90.4 Å². The first kappa shape index (κ1) is 32.3. The summed E-state index contributed by atoms with van der Waals surface area (Å²) in [6.45, 7) is 24.6. The average Bonchev–Trinajstić information content (AvgIpc) is 3.41. The van der Waals surface area contributed by atoms with Gasteiger partial charge in [0.05, 0.1) is 30.1 Å². The molecule has 0 aromatic rings. The van der Waals surface area contributed by atoms with Crippen molar-refractivity contribution in [1.29, 1.82) is 0 Å². The van der Waals surface area contributed by atoms with Gasteiger partial charge in [0.2, 0.25) is 17.7 Å². The number of likely N-dealkylation sites (tertiary alicyclic amines) is 1. The van der Waals surface area contributed by atoms with Gasteiger partial charge in [0.25, 0.3) is 0 Å². The maximum Gasteiger partial charge on any atom is 0.249 e. The highest BCUT2D eigenvalue weighted by Gasteiger charge is 2.79. The summed E-state index contributed by atoms with van der Waals surface area (Å²) in [5.41, 5.74) is -2.59. The lowest BCUT2D eigenvalue weighted by molar-refractivity contribution is -0.160. The van der Waals surface area contributed by atoms with Gasteiger partial charge in [-0.1, -0.05) is 53.2 Å². The van der Waals surface area contributed by atoms with Gasteiger partial charge >= 0.3 is 0 Å². The van der Waals surface area contributed by atoms with Gasteiger partial charge in [-0.3, -0.25) is 14.4 Å². The molecule has 3 heterocycles. The molecular weight excluding hydrogens is 506 g/mol. The fraction of sp³-hybridized carbons (Fsp3) is 0.781. The Kier molecular flexibility index (Phi) is 9.08. The van der Waals surface area contributed by atoms with Crippen LogP contribution in [0.1, 0.15) is 81.1 Å². The number of carbonyl (C=O) groups excluding carboxylic acids is 3. The number of amides is 3. The van der Waals surface area contributed by atoms with Crippen molar-refractivity contribution in [1.82, 2.24) is 14.7 Å². The van der Waals surface area contributed by atoms with Crippen LogP contribution in [0.25, 0.3) is 0 Å². The van der Waals surface area contributed by atoms with Gasteiger partial charge in [0, 0.05) is 25.7 Å². The standard InChI is InChI=1S/C32H53N3O5/c1-12-17-33(11)26(37)23-24-27(38)35(22(19-36)21(4)14-3)25(32(24)16-15-31(23,10)40-32)28(39)34(18-13-2)30(8,9)20-29(5,6)7/h12-13,21-25,36H,1-2,14-20H2,3-11H3/t21-,22-,23+,24-,25?,31-,32?/m0/s1. The molecule has 0 aromatic heterocycles. The maximum atomic E-state index is 14.9. The first-order chi connectivity index (χ1) is 18.5. The van der Waals surface area contributed by atoms with E-state index in [1.807, 2.05) is 25.7 Å². The largest absolute Gasteiger partial charge is 0.394 e. The van der Waals surface area contributed by atoms with E-state index >= 15 is 0 Å². The Labute approximate surface area is 241 Å². The van der Waals surface area contributed by atoms with Crippen molar-refractivity contribution in [3.63, 3.8) is 0 Å². The highest BCUT2D eigenvalue weighted by molar-refractivity contribution is 5.99. The lowest BCUT2D eigenvalue weighted by Crippen LogP contribution is -2.63. The Morgan fingerprint density at radius 3 is 2.25 bits per heavy atom. The van der Waals surface area contributed by atoms with E-state index in [-0.39, 0.29) is 35.7 Å². The van der Waals surface area contributed by atoms with E-state index in [1.54, 1.807) is 29.0 Å². The fourth-order valence-corrected chi connectivity index (χ4v) is 8.02. The molecule has 2 bridgehead atoms. The van der Waals surface area contributed by atoms with Crippen LogP contribution in [0.5, 0.6) is 0 Å². The summed E-state index contributed by atoms with van der Waals surface area (Å²) in [5.74, 6) is -2.21. The molecular formula is C32H53N3O5. The van der Waals surface area contributed by atoms with Crippen LogP contribution in [0.2, 0.25) is 0 Å². The van der Waals surface area contributed by atoms with Crippen LogP contribution in [-0.2, 0) is 19.1 Å². The lowest BCUT2D eigenvalue weighted by Gasteiger charge is -2.47. The summed E-state index contributed by atoms with van der Waals surface area (Å²) in [5, 5.41) is 10.6. The molecule has 8 heteroatoms. The number of fused-ring (bicyclic) bond motifs is 1. The van der Waals surface area contributed by atoms with E-state index in [0.29, 0.717) is 25.9 Å². The van der Waals surface area contributed by atoms with Crippen LogP contribution >= 0.6 is 0 Å². The van der Waals surface area contributed by atoms with Crippen molar-refractivity contribution in [2.75, 3.05) is 26.7 Å². The van der Waals surface area contributed by atoms with Crippen molar-refractivity contribution in [3.05, 3.63) is 25.3 Å². The molecule has 0 aliphatic carbocycles. The molecule has 226 valence electrons. The van der Waals surface area contributed by atoms with E-state index in [0.717, 1.165) is 12.8 Å². The quantitative estimate of drug-likeness (QED) is 0.365. The highest BCUT2D eigenvalue weighted by atomic mass is 16.5. The Bertz CT molecular complexity index is 1020. The molecule has 3 saturated heterocycles. The molecule has 0 aromatic carbocycles. The van der Waals surface area contributed by atoms with Gasteiger partial charge in [0.1, 0.15) is 11.6 Å². The molecule has 3 amide bonds. The normalized spacial score (nSPS) is 31.1. The number of carbonyl (C=O) groups is 3. The zero-order valence-corrected chi connectivity index (χ0v) is 26.3. The van der Waals surface area contributed by atoms with Gasteiger partial charge < -0.3 is 24.5 Å². The van der Waals surface area contributed by atoms with E-state index in [4.69, 9.17) is 4.74 Å². The van der Waals surface area contributed by atoms with E-state index < -0.39 is 40.7 Å². The predicted molar refractivity (Wildman–Crippen MR) is 157 cm³/mol. The first-order valence-electron chi connectivity index (χ1n) is 14.9. The van der Waals surface area contributed by atoms with E-state index in [2.05, 4.69) is 47.8 Å². The third kappa shape index (κ3) is 5.26. The molecule has 3 fully saturated rings. The monoisotopic (exact) mass is 559 g/mol. The molecule has 3 aliphatic rings. The number of hydrogen-bond donors (Lipinski definition) is 1. The maximum absolute atomic E-state index is 14.9. The van der Waals surface area contributed by atoms with Crippen LogP contribution in [0.4, 0.5) is 0 Å². The number of rotatable bonds is 12. The second kappa shape index (κ2) is 11.2. The third-order valence-electron chi connectivity index (χ3n) is 9.61. The van der Waals surface area contributed by atoms with Crippen LogP contribution in [-0.4, -0.2) is 93.1 Å². The second-order valence-electron chi connectivity index (χ2n) is 14.4. The van der Waals surface area contributed by atoms with Gasteiger partial charge in [-0.05, 0) is 51.4 Å². The molecule has 8 nitrogen and oxygen atoms in total. The van der Waals surface area contributed by atoms with Gasteiger partial charge in [-0.25, -0.2) is 0 Å². The summed E-state index contributed by atoms with van der Waals surface area (Å²) in [6.07, 6.45) is 5.92. The van der Waals surface area contributed by atoms with Crippen LogP contribution in [0, 0.1) is 23.2 Å². The van der Waals surface area contributed by atoms with E-state index in [9.17, 15) is 19.5 Å². The molecule has 2 unspecified atom stereocenters. The molecule has 7 atom stereocenters. The number of aliphatic hydroxyl groups is 1. The van der Waals surface area contributed by atoms with Crippen LogP contribution in [0.15, 0.2) is 25.3 Å². The lowest BCUT2D eigenvalue weighted by atomic mass is 9.66. The Morgan fingerprint density at radius 1 is 1.15 bits per heavy atom. The van der Waals surface area contributed by atoms with Crippen LogP contribution in [0.3, 0.4) is 0 Å². The molecule has 40 heavy (non-hydrogen) atoms. The van der Waals surface area contributed by atoms with Crippen molar-refractivity contribution in [2.45, 2.75) is 110 Å². The smallest absolute Gasteiger partial charge is 0.249 e. The molecule has 0 saturated carbocycles. The van der Waals surface area contributed by atoms with E-state index in [1.165, 1.54) is 0 Å². The summed E-state index contributed by atoms with van der Waals surface area (Å²) >= 11 is 0. The number of aliphatic hydroxyl groups excluding tert-OH is 1. The van der Waals surface area contributed by atoms with Gasteiger partial charge in [-0.2, -0.15) is 0 Å². The number of likely N-dealkylation sites (N-methyl/N-ethyl adjacent to an activating group) is 1. The zero-order valence-electron chi connectivity index (χ0n) is 26.3. The van der Waals surface area contributed by atoms with Crippen molar-refractivity contribution >= 4 is 17.7 Å².